The lowest BCUT2D eigenvalue weighted by molar-refractivity contribution is -0.384. The summed E-state index contributed by atoms with van der Waals surface area (Å²) >= 11 is 6.06. The van der Waals surface area contributed by atoms with Gasteiger partial charge < -0.3 is 15.4 Å². The van der Waals surface area contributed by atoms with Crippen molar-refractivity contribution in [2.75, 3.05) is 19.0 Å². The maximum atomic E-state index is 11.9. The lowest BCUT2D eigenvalue weighted by Crippen LogP contribution is -2.25. The molecule has 2 N–H and O–H groups in total. The standard InChI is InChI=1S/C17H16ClN3O5/c1-19-16(22)10-26-17(23)11-6-7-14(15(8-11)21(24)25)20-9-12-4-2-3-5-13(12)18/h2-8,20H,9-10H2,1H3,(H,19,22). The molecule has 8 nitrogen and oxygen atoms in total. The molecule has 26 heavy (non-hydrogen) atoms. The van der Waals surface area contributed by atoms with Crippen LogP contribution in [0.4, 0.5) is 11.4 Å². The molecule has 0 radical (unpaired) electrons. The Labute approximate surface area is 154 Å². The molecule has 0 aliphatic heterocycles. The Morgan fingerprint density at radius 3 is 2.62 bits per heavy atom. The predicted octanol–water partition coefficient (Wildman–Crippen LogP) is 2.76. The number of ether oxygens (including phenoxy) is 1. The fraction of sp³-hybridized carbons (Fsp3) is 0.176. The Bertz CT molecular complexity index is 841. The van der Waals surface area contributed by atoms with Gasteiger partial charge in [-0.1, -0.05) is 29.8 Å². The fourth-order valence-corrected chi connectivity index (χ4v) is 2.28. The van der Waals surface area contributed by atoms with Crippen molar-refractivity contribution in [1.29, 1.82) is 0 Å². The molecule has 0 aliphatic carbocycles. The molecule has 136 valence electrons. The van der Waals surface area contributed by atoms with Crippen molar-refractivity contribution in [3.63, 3.8) is 0 Å². The van der Waals surface area contributed by atoms with E-state index in [0.717, 1.165) is 11.6 Å². The molecular weight excluding hydrogens is 362 g/mol. The predicted molar refractivity (Wildman–Crippen MR) is 96.2 cm³/mol. The van der Waals surface area contributed by atoms with Crippen molar-refractivity contribution in [3.05, 3.63) is 68.7 Å². The van der Waals surface area contributed by atoms with Crippen LogP contribution in [0.1, 0.15) is 15.9 Å². The second-order valence-electron chi connectivity index (χ2n) is 5.18. The van der Waals surface area contributed by atoms with E-state index < -0.39 is 23.4 Å². The van der Waals surface area contributed by atoms with Gasteiger partial charge in [0.15, 0.2) is 6.61 Å². The third-order valence-electron chi connectivity index (χ3n) is 3.47. The fourth-order valence-electron chi connectivity index (χ4n) is 2.08. The summed E-state index contributed by atoms with van der Waals surface area (Å²) in [4.78, 5) is 33.7. The summed E-state index contributed by atoms with van der Waals surface area (Å²) in [5.41, 5.74) is 0.700. The number of nitrogens with zero attached hydrogens (tertiary/aromatic N) is 1. The maximum Gasteiger partial charge on any atom is 0.338 e. The molecule has 2 rings (SSSR count). The van der Waals surface area contributed by atoms with Crippen LogP contribution in [0.25, 0.3) is 0 Å². The van der Waals surface area contributed by atoms with E-state index in [1.165, 1.54) is 19.2 Å². The van der Waals surface area contributed by atoms with Gasteiger partial charge in [0.2, 0.25) is 0 Å². The first-order valence-electron chi connectivity index (χ1n) is 7.55. The van der Waals surface area contributed by atoms with Gasteiger partial charge in [0, 0.05) is 24.7 Å². The second kappa shape index (κ2) is 8.82. The average Bonchev–Trinajstić information content (AvgIpc) is 2.64. The van der Waals surface area contributed by atoms with Crippen LogP contribution in [0, 0.1) is 10.1 Å². The Kier molecular flexibility index (Phi) is 6.51. The van der Waals surface area contributed by atoms with E-state index in [2.05, 4.69) is 10.6 Å². The third-order valence-corrected chi connectivity index (χ3v) is 3.84. The first-order valence-corrected chi connectivity index (χ1v) is 7.93. The van der Waals surface area contributed by atoms with Gasteiger partial charge in [0.25, 0.3) is 11.6 Å². The zero-order valence-electron chi connectivity index (χ0n) is 13.8. The number of nitrogens with one attached hydrogen (secondary N) is 2. The van der Waals surface area contributed by atoms with Gasteiger partial charge in [0.05, 0.1) is 10.5 Å². The number of carbonyl (C=O) groups is 2. The van der Waals surface area contributed by atoms with Crippen LogP contribution in [-0.2, 0) is 16.1 Å². The van der Waals surface area contributed by atoms with Crippen molar-refractivity contribution in [3.8, 4) is 0 Å². The van der Waals surface area contributed by atoms with E-state index in [1.54, 1.807) is 18.2 Å². The third kappa shape index (κ3) is 4.93. The van der Waals surface area contributed by atoms with Crippen LogP contribution >= 0.6 is 11.6 Å². The zero-order valence-corrected chi connectivity index (χ0v) is 14.6. The summed E-state index contributed by atoms with van der Waals surface area (Å²) in [6, 6.07) is 11.0. The molecule has 0 bridgehead atoms. The molecule has 2 aromatic rings. The van der Waals surface area contributed by atoms with Crippen LogP contribution < -0.4 is 10.6 Å². The number of hydrogen-bond acceptors (Lipinski definition) is 6. The normalized spacial score (nSPS) is 10.1. The molecule has 9 heteroatoms. The second-order valence-corrected chi connectivity index (χ2v) is 5.59. The van der Waals surface area contributed by atoms with Crippen LogP contribution in [0.15, 0.2) is 42.5 Å². The SMILES string of the molecule is CNC(=O)COC(=O)c1ccc(NCc2ccccc2Cl)c([N+](=O)[O-])c1. The number of halogens is 1. The van der Waals surface area contributed by atoms with Crippen LogP contribution in [0.2, 0.25) is 5.02 Å². The molecule has 0 unspecified atom stereocenters. The number of carbonyl (C=O) groups excluding carboxylic acids is 2. The maximum absolute atomic E-state index is 11.9. The minimum Gasteiger partial charge on any atom is -0.452 e. The number of anilines is 1. The van der Waals surface area contributed by atoms with Gasteiger partial charge in [-0.15, -0.1) is 0 Å². The summed E-state index contributed by atoms with van der Waals surface area (Å²) in [5, 5.41) is 17.1. The number of rotatable bonds is 7. The number of nitro groups is 1. The average molecular weight is 378 g/mol. The zero-order chi connectivity index (χ0) is 19.1. The van der Waals surface area contributed by atoms with Crippen molar-refractivity contribution >= 4 is 34.9 Å². The van der Waals surface area contributed by atoms with Crippen molar-refractivity contribution in [2.24, 2.45) is 0 Å². The highest BCUT2D eigenvalue weighted by molar-refractivity contribution is 6.31. The lowest BCUT2D eigenvalue weighted by atomic mass is 10.1. The summed E-state index contributed by atoms with van der Waals surface area (Å²) in [7, 11) is 1.40. The number of amides is 1. The highest BCUT2D eigenvalue weighted by atomic mass is 35.5. The van der Waals surface area contributed by atoms with E-state index >= 15 is 0 Å². The molecule has 0 saturated heterocycles. The smallest absolute Gasteiger partial charge is 0.338 e. The van der Waals surface area contributed by atoms with E-state index in [0.29, 0.717) is 5.02 Å². The summed E-state index contributed by atoms with van der Waals surface area (Å²) in [5.74, 6) is -1.31. The number of benzene rings is 2. The van der Waals surface area contributed by atoms with Gasteiger partial charge in [-0.25, -0.2) is 4.79 Å². The molecule has 0 aromatic heterocycles. The van der Waals surface area contributed by atoms with E-state index in [-0.39, 0.29) is 23.5 Å². The number of esters is 1. The van der Waals surface area contributed by atoms with Gasteiger partial charge in [-0.05, 0) is 23.8 Å². The largest absolute Gasteiger partial charge is 0.452 e. The molecule has 0 saturated carbocycles. The highest BCUT2D eigenvalue weighted by Gasteiger charge is 2.19. The van der Waals surface area contributed by atoms with Crippen molar-refractivity contribution < 1.29 is 19.2 Å². The summed E-state index contributed by atoms with van der Waals surface area (Å²) < 4.78 is 4.79. The molecule has 2 aromatic carbocycles. The highest BCUT2D eigenvalue weighted by Crippen LogP contribution is 2.27. The van der Waals surface area contributed by atoms with E-state index in [9.17, 15) is 19.7 Å². The van der Waals surface area contributed by atoms with Gasteiger partial charge in [0.1, 0.15) is 5.69 Å². The van der Waals surface area contributed by atoms with Gasteiger partial charge in [-0.3, -0.25) is 14.9 Å². The van der Waals surface area contributed by atoms with Crippen molar-refractivity contribution in [1.82, 2.24) is 5.32 Å². The van der Waals surface area contributed by atoms with Crippen LogP contribution in [0.5, 0.6) is 0 Å². The Morgan fingerprint density at radius 2 is 1.96 bits per heavy atom. The Morgan fingerprint density at radius 1 is 1.23 bits per heavy atom. The Hall–Kier alpha value is -3.13. The minimum absolute atomic E-state index is 0.0242. The van der Waals surface area contributed by atoms with Gasteiger partial charge in [-0.2, -0.15) is 0 Å². The Balaban J connectivity index is 2.15. The van der Waals surface area contributed by atoms with Crippen LogP contribution in [0.3, 0.4) is 0 Å². The molecular formula is C17H16ClN3O5. The monoisotopic (exact) mass is 377 g/mol. The molecule has 0 atom stereocenters. The summed E-state index contributed by atoms with van der Waals surface area (Å²) in [6.07, 6.45) is 0. The topological polar surface area (TPSA) is 111 Å². The van der Waals surface area contributed by atoms with E-state index in [1.807, 2.05) is 6.07 Å². The van der Waals surface area contributed by atoms with Gasteiger partial charge >= 0.3 is 5.97 Å². The molecule has 0 aliphatic rings. The molecule has 1 amide bonds. The first kappa shape index (κ1) is 19.2. The summed E-state index contributed by atoms with van der Waals surface area (Å²) in [6.45, 7) is -0.184. The molecule has 0 heterocycles. The number of hydrogen-bond donors (Lipinski definition) is 2. The number of likely N-dealkylation sites (N-methyl/N-ethyl adjacent to an activating group) is 1. The lowest BCUT2D eigenvalue weighted by Gasteiger charge is -2.10. The quantitative estimate of drug-likeness (QED) is 0.436. The van der Waals surface area contributed by atoms with E-state index in [4.69, 9.17) is 16.3 Å². The molecule has 0 spiro atoms. The van der Waals surface area contributed by atoms with Crippen LogP contribution in [-0.4, -0.2) is 30.5 Å². The molecule has 0 fully saturated rings. The number of nitro benzene ring substituents is 1. The minimum atomic E-state index is -0.825. The first-order chi connectivity index (χ1) is 12.4. The van der Waals surface area contributed by atoms with Crippen molar-refractivity contribution in [2.45, 2.75) is 6.54 Å².